The van der Waals surface area contributed by atoms with Crippen molar-refractivity contribution in [2.75, 3.05) is 19.3 Å². The van der Waals surface area contributed by atoms with E-state index in [1.807, 2.05) is 6.92 Å². The van der Waals surface area contributed by atoms with Crippen molar-refractivity contribution in [2.45, 2.75) is 52.1 Å². The smallest absolute Gasteiger partial charge is 0.225 e. The maximum Gasteiger partial charge on any atom is 0.225 e. The van der Waals surface area contributed by atoms with Crippen LogP contribution in [0.3, 0.4) is 0 Å². The number of aromatic nitrogens is 1. The summed E-state index contributed by atoms with van der Waals surface area (Å²) in [5, 5.41) is 11.9. The van der Waals surface area contributed by atoms with Gasteiger partial charge < -0.3 is 15.7 Å². The van der Waals surface area contributed by atoms with Crippen LogP contribution in [-0.2, 0) is 11.2 Å². The molecule has 6 heteroatoms. The summed E-state index contributed by atoms with van der Waals surface area (Å²) in [7, 11) is 1.80. The topological polar surface area (TPSA) is 79.5 Å². The molecule has 6 atom stereocenters. The van der Waals surface area contributed by atoms with Gasteiger partial charge in [-0.15, -0.1) is 17.9 Å². The minimum Gasteiger partial charge on any atom is -0.392 e. The van der Waals surface area contributed by atoms with Crippen molar-refractivity contribution in [3.05, 3.63) is 23.2 Å². The lowest BCUT2D eigenvalue weighted by atomic mass is 9.53. The lowest BCUT2D eigenvalue weighted by Crippen LogP contribution is -2.53. The van der Waals surface area contributed by atoms with Crippen LogP contribution in [-0.4, -0.2) is 40.6 Å². The molecule has 0 radical (unpaired) electrons. The largest absolute Gasteiger partial charge is 0.392 e. The molecule has 3 N–H and O–H groups in total. The first kappa shape index (κ1) is 19.4. The fraction of sp³-hybridized carbons (Fsp3) is 0.700. The third-order valence-corrected chi connectivity index (χ3v) is 7.65. The SMILES string of the molecule is C=CCN(C)C(=O)[C@@H](C)[C@H]1CC[C@@]2(C)Cc3sc(N)nc3[C@@H](C)[C@@H]2[C@H]1O. The number of fused-ring (bicyclic) bond motifs is 2. The molecule has 5 nitrogen and oxygen atoms in total. The zero-order chi connectivity index (χ0) is 19.2. The van der Waals surface area contributed by atoms with Crippen LogP contribution in [0.5, 0.6) is 0 Å². The molecule has 2 aliphatic rings. The number of aliphatic hydroxyl groups is 1. The lowest BCUT2D eigenvalue weighted by Gasteiger charge is -2.53. The number of carbonyl (C=O) groups is 1. The van der Waals surface area contributed by atoms with Crippen LogP contribution in [0.2, 0.25) is 0 Å². The Bertz CT molecular complexity index is 703. The number of carbonyl (C=O) groups excluding carboxylic acids is 1. The van der Waals surface area contributed by atoms with Crippen molar-refractivity contribution in [3.63, 3.8) is 0 Å². The Morgan fingerprint density at radius 2 is 2.31 bits per heavy atom. The molecule has 0 aliphatic heterocycles. The quantitative estimate of drug-likeness (QED) is 0.791. The molecule has 2 aliphatic carbocycles. The van der Waals surface area contributed by atoms with Gasteiger partial charge in [0.05, 0.1) is 11.8 Å². The molecule has 3 rings (SSSR count). The van der Waals surface area contributed by atoms with Gasteiger partial charge >= 0.3 is 0 Å². The summed E-state index contributed by atoms with van der Waals surface area (Å²) in [6, 6.07) is 0. The summed E-state index contributed by atoms with van der Waals surface area (Å²) < 4.78 is 0. The zero-order valence-electron chi connectivity index (χ0n) is 16.2. The van der Waals surface area contributed by atoms with Crippen molar-refractivity contribution in [1.29, 1.82) is 0 Å². The maximum atomic E-state index is 12.7. The minimum absolute atomic E-state index is 0.0205. The van der Waals surface area contributed by atoms with Gasteiger partial charge in [-0.3, -0.25) is 4.79 Å². The van der Waals surface area contributed by atoms with Crippen LogP contribution in [0.15, 0.2) is 12.7 Å². The van der Waals surface area contributed by atoms with Crippen LogP contribution in [0.4, 0.5) is 5.13 Å². The number of nitrogen functional groups attached to an aromatic ring is 1. The Morgan fingerprint density at radius 1 is 1.62 bits per heavy atom. The number of hydrogen-bond donors (Lipinski definition) is 2. The molecule has 1 amide bonds. The fourth-order valence-electron chi connectivity index (χ4n) is 5.38. The highest BCUT2D eigenvalue weighted by Crippen LogP contribution is 2.57. The summed E-state index contributed by atoms with van der Waals surface area (Å²) >= 11 is 1.59. The molecular formula is C20H31N3O2S. The molecule has 1 aromatic rings. The second-order valence-corrected chi connectivity index (χ2v) is 9.61. The van der Waals surface area contributed by atoms with Crippen molar-refractivity contribution >= 4 is 22.4 Å². The van der Waals surface area contributed by atoms with E-state index in [2.05, 4.69) is 25.4 Å². The van der Waals surface area contributed by atoms with Gasteiger partial charge in [0.2, 0.25) is 5.91 Å². The summed E-state index contributed by atoms with van der Waals surface area (Å²) in [6.45, 7) is 10.6. The van der Waals surface area contributed by atoms with Crippen molar-refractivity contribution in [3.8, 4) is 0 Å². The van der Waals surface area contributed by atoms with Crippen LogP contribution in [0, 0.1) is 23.2 Å². The molecule has 0 aromatic carbocycles. The molecule has 1 saturated carbocycles. The molecule has 1 aromatic heterocycles. The van der Waals surface area contributed by atoms with Crippen molar-refractivity contribution in [1.82, 2.24) is 9.88 Å². The van der Waals surface area contributed by atoms with E-state index in [9.17, 15) is 9.90 Å². The third-order valence-electron chi connectivity index (χ3n) is 6.75. The standard InChI is InChI=1S/C20H31N3O2S/c1-6-9-23(5)18(25)11(2)13-7-8-20(4)10-14-16(22-19(21)26-14)12(3)15(20)17(13)24/h6,11-13,15,17,24H,1,7-10H2,2-5H3,(H2,21,22)/t11-,12-,13+,15+,17-,20-/m0/s1. The Kier molecular flexibility index (Phi) is 5.19. The second-order valence-electron chi connectivity index (χ2n) is 8.50. The third kappa shape index (κ3) is 3.07. The Morgan fingerprint density at radius 3 is 2.96 bits per heavy atom. The Hall–Kier alpha value is -1.40. The highest BCUT2D eigenvalue weighted by molar-refractivity contribution is 7.15. The van der Waals surface area contributed by atoms with Crippen molar-refractivity contribution < 1.29 is 9.90 Å². The van der Waals surface area contributed by atoms with Gasteiger partial charge in [0.1, 0.15) is 0 Å². The van der Waals surface area contributed by atoms with Crippen LogP contribution in [0.1, 0.15) is 50.1 Å². The number of hydrogen-bond acceptors (Lipinski definition) is 5. The second kappa shape index (κ2) is 6.97. The number of aliphatic hydroxyl groups excluding tert-OH is 1. The molecule has 26 heavy (non-hydrogen) atoms. The summed E-state index contributed by atoms with van der Waals surface area (Å²) in [4.78, 5) is 20.3. The number of amides is 1. The average Bonchev–Trinajstić information content (AvgIpc) is 2.93. The molecule has 144 valence electrons. The van der Waals surface area contributed by atoms with E-state index < -0.39 is 6.10 Å². The van der Waals surface area contributed by atoms with E-state index >= 15 is 0 Å². The molecule has 1 fully saturated rings. The molecule has 0 spiro atoms. The molecule has 1 heterocycles. The Balaban J connectivity index is 1.86. The number of nitrogens with two attached hydrogens (primary N) is 1. The maximum absolute atomic E-state index is 12.7. The number of likely N-dealkylation sites (N-methyl/N-ethyl adjacent to an activating group) is 1. The monoisotopic (exact) mass is 377 g/mol. The summed E-state index contributed by atoms with van der Waals surface area (Å²) in [5.74, 6) is 0.125. The first-order chi connectivity index (χ1) is 12.2. The molecule has 0 bridgehead atoms. The van der Waals surface area contributed by atoms with E-state index in [4.69, 9.17) is 5.73 Å². The van der Waals surface area contributed by atoms with Gasteiger partial charge in [-0.2, -0.15) is 0 Å². The highest BCUT2D eigenvalue weighted by Gasteiger charge is 2.53. The van der Waals surface area contributed by atoms with Gasteiger partial charge in [-0.25, -0.2) is 4.98 Å². The van der Waals surface area contributed by atoms with Gasteiger partial charge in [-0.1, -0.05) is 26.8 Å². The fourth-order valence-corrected chi connectivity index (χ4v) is 6.51. The molecule has 0 unspecified atom stereocenters. The first-order valence-electron chi connectivity index (χ1n) is 9.48. The number of thiazole rings is 1. The first-order valence-corrected chi connectivity index (χ1v) is 10.3. The predicted octanol–water partition coefficient (Wildman–Crippen LogP) is 3.06. The molecular weight excluding hydrogens is 346 g/mol. The highest BCUT2D eigenvalue weighted by atomic mass is 32.1. The van der Waals surface area contributed by atoms with E-state index in [1.54, 1.807) is 29.4 Å². The Labute approximate surface area is 160 Å². The minimum atomic E-state index is -0.504. The van der Waals surface area contributed by atoms with Crippen LogP contribution < -0.4 is 5.73 Å². The van der Waals surface area contributed by atoms with Crippen molar-refractivity contribution in [2.24, 2.45) is 23.2 Å². The zero-order valence-corrected chi connectivity index (χ0v) is 17.1. The van der Waals surface area contributed by atoms with Gasteiger partial charge in [-0.05, 0) is 36.5 Å². The number of anilines is 1. The van der Waals surface area contributed by atoms with Crippen LogP contribution >= 0.6 is 11.3 Å². The van der Waals surface area contributed by atoms with Gasteiger partial charge in [0, 0.05) is 30.3 Å². The van der Waals surface area contributed by atoms with Gasteiger partial charge in [0.25, 0.3) is 0 Å². The summed E-state index contributed by atoms with van der Waals surface area (Å²) in [6.07, 6.45) is 4.05. The normalized spacial score (nSPS) is 34.5. The van der Waals surface area contributed by atoms with E-state index in [1.165, 1.54) is 4.88 Å². The van der Waals surface area contributed by atoms with E-state index in [0.29, 0.717) is 11.7 Å². The lowest BCUT2D eigenvalue weighted by molar-refractivity contribution is -0.143. The predicted molar refractivity (Wildman–Crippen MR) is 106 cm³/mol. The van der Waals surface area contributed by atoms with Crippen LogP contribution in [0.25, 0.3) is 0 Å². The molecule has 0 saturated heterocycles. The number of rotatable bonds is 4. The van der Waals surface area contributed by atoms with E-state index in [0.717, 1.165) is 25.0 Å². The van der Waals surface area contributed by atoms with E-state index in [-0.39, 0.29) is 35.0 Å². The summed E-state index contributed by atoms with van der Waals surface area (Å²) in [5.41, 5.74) is 7.04. The average molecular weight is 378 g/mol. The van der Waals surface area contributed by atoms with Gasteiger partial charge in [0.15, 0.2) is 5.13 Å². The number of nitrogens with zero attached hydrogens (tertiary/aromatic N) is 2.